The molecule has 0 saturated heterocycles. The Balaban J connectivity index is 5.06. The van der Waals surface area contributed by atoms with Gasteiger partial charge in [0.25, 0.3) is 5.78 Å². The summed E-state index contributed by atoms with van der Waals surface area (Å²) in [6.45, 7) is 1.06. The number of carbonyl (C=O) groups excluding carboxylic acids is 1. The largest absolute Gasteiger partial charge is 0.480 e. The van der Waals surface area contributed by atoms with Crippen LogP contribution in [0.3, 0.4) is 0 Å². The zero-order valence-electron chi connectivity index (χ0n) is 7.42. The van der Waals surface area contributed by atoms with E-state index in [9.17, 15) is 22.8 Å². The molecule has 0 radical (unpaired) electrons. The molecule has 0 fully saturated rings. The highest BCUT2D eigenvalue weighted by molar-refractivity contribution is 6.19. The fourth-order valence-corrected chi connectivity index (χ4v) is 0.773. The zero-order chi connectivity index (χ0) is 11.5. The number of hydrogen-bond acceptors (Lipinski definition) is 3. The van der Waals surface area contributed by atoms with Gasteiger partial charge in [-0.1, -0.05) is 0 Å². The molecule has 4 nitrogen and oxygen atoms in total. The number of aliphatic carboxylic acids is 1. The Bertz CT molecular complexity index is 282. The number of rotatable bonds is 3. The third-order valence-corrected chi connectivity index (χ3v) is 1.56. The average Bonchev–Trinajstić information content (AvgIpc) is 2.01. The molecular formula is C7H8F3NO3. The van der Waals surface area contributed by atoms with Crippen molar-refractivity contribution in [2.24, 2.45) is 10.9 Å². The number of halogens is 3. The van der Waals surface area contributed by atoms with Gasteiger partial charge in [-0.2, -0.15) is 13.2 Å². The number of nitrogens with zero attached hydrogens (tertiary/aromatic N) is 1. The Hall–Kier alpha value is -1.40. The van der Waals surface area contributed by atoms with Crippen molar-refractivity contribution >= 4 is 17.5 Å². The summed E-state index contributed by atoms with van der Waals surface area (Å²) in [5.74, 6) is -6.40. The highest BCUT2D eigenvalue weighted by Gasteiger charge is 2.47. The van der Waals surface area contributed by atoms with Crippen molar-refractivity contribution in [3.05, 3.63) is 0 Å². The van der Waals surface area contributed by atoms with Crippen LogP contribution < -0.4 is 0 Å². The van der Waals surface area contributed by atoms with E-state index in [0.29, 0.717) is 0 Å². The molecule has 0 aliphatic rings. The Morgan fingerprint density at radius 2 is 1.79 bits per heavy atom. The molecule has 7 heteroatoms. The number of Topliss-reactive ketones (excluding diaryl/α,β-unsaturated/α-hetero) is 1. The van der Waals surface area contributed by atoms with Crippen LogP contribution >= 0.6 is 0 Å². The predicted octanol–water partition coefficient (Wildman–Crippen LogP) is 0.909. The van der Waals surface area contributed by atoms with Gasteiger partial charge in [0.05, 0.1) is 0 Å². The fraction of sp³-hybridized carbons (Fsp3) is 0.571. The Kier molecular flexibility index (Phi) is 3.79. The van der Waals surface area contributed by atoms with E-state index in [2.05, 4.69) is 4.99 Å². The van der Waals surface area contributed by atoms with Gasteiger partial charge in [0.2, 0.25) is 0 Å². The number of aliphatic imine (C=N–C) groups is 1. The van der Waals surface area contributed by atoms with Gasteiger partial charge in [-0.3, -0.25) is 14.6 Å². The first-order chi connectivity index (χ1) is 6.21. The van der Waals surface area contributed by atoms with Crippen LogP contribution in [0, 0.1) is 5.92 Å². The summed E-state index contributed by atoms with van der Waals surface area (Å²) in [7, 11) is 1.12. The van der Waals surface area contributed by atoms with Crippen LogP contribution in [0.2, 0.25) is 0 Å². The monoisotopic (exact) mass is 211 g/mol. The summed E-state index contributed by atoms with van der Waals surface area (Å²) in [4.78, 5) is 24.3. The van der Waals surface area contributed by atoms with Crippen molar-refractivity contribution in [1.29, 1.82) is 0 Å². The molecule has 0 spiro atoms. The molecule has 0 bridgehead atoms. The smallest absolute Gasteiger partial charge is 0.451 e. The van der Waals surface area contributed by atoms with Gasteiger partial charge in [-0.05, 0) is 6.92 Å². The van der Waals surface area contributed by atoms with Crippen molar-refractivity contribution in [3.63, 3.8) is 0 Å². The number of carboxylic acid groups (broad SMARTS) is 1. The highest BCUT2D eigenvalue weighted by Crippen LogP contribution is 2.22. The molecule has 1 N–H and O–H groups in total. The van der Waals surface area contributed by atoms with Gasteiger partial charge >= 0.3 is 12.1 Å². The van der Waals surface area contributed by atoms with Crippen LogP contribution in [0.25, 0.3) is 0 Å². The van der Waals surface area contributed by atoms with E-state index in [4.69, 9.17) is 5.11 Å². The summed E-state index contributed by atoms with van der Waals surface area (Å²) in [5, 5.41) is 8.41. The van der Waals surface area contributed by atoms with Gasteiger partial charge in [0.15, 0.2) is 5.92 Å². The summed E-state index contributed by atoms with van der Waals surface area (Å²) in [6, 6.07) is 0. The topological polar surface area (TPSA) is 66.7 Å². The quantitative estimate of drug-likeness (QED) is 0.557. The minimum Gasteiger partial charge on any atom is -0.480 e. The summed E-state index contributed by atoms with van der Waals surface area (Å²) >= 11 is 0. The Labute approximate surface area is 77.4 Å². The van der Waals surface area contributed by atoms with Crippen LogP contribution in [0.1, 0.15) is 6.92 Å². The molecule has 1 unspecified atom stereocenters. The molecule has 0 heterocycles. The lowest BCUT2D eigenvalue weighted by atomic mass is 9.99. The maximum absolute atomic E-state index is 11.9. The van der Waals surface area contributed by atoms with E-state index in [1.54, 1.807) is 0 Å². The molecule has 1 atom stereocenters. The second-order valence-electron chi connectivity index (χ2n) is 2.50. The first-order valence-electron chi connectivity index (χ1n) is 3.49. The highest BCUT2D eigenvalue weighted by atomic mass is 19.4. The molecule has 0 rings (SSSR count). The van der Waals surface area contributed by atoms with E-state index >= 15 is 0 Å². The van der Waals surface area contributed by atoms with E-state index in [0.717, 1.165) is 14.0 Å². The molecular weight excluding hydrogens is 203 g/mol. The first kappa shape index (κ1) is 12.6. The Morgan fingerprint density at radius 1 is 1.36 bits per heavy atom. The molecule has 0 aromatic carbocycles. The summed E-state index contributed by atoms with van der Waals surface area (Å²) in [6.07, 6.45) is -5.16. The predicted molar refractivity (Wildman–Crippen MR) is 41.2 cm³/mol. The second-order valence-corrected chi connectivity index (χ2v) is 2.50. The van der Waals surface area contributed by atoms with Gasteiger partial charge < -0.3 is 5.11 Å². The SMILES string of the molecule is CN=C(C)C(C(=O)O)C(=O)C(F)(F)F. The maximum atomic E-state index is 11.9. The summed E-state index contributed by atoms with van der Waals surface area (Å²) in [5.41, 5.74) is -0.375. The molecule has 0 aliphatic carbocycles. The van der Waals surface area contributed by atoms with Crippen molar-refractivity contribution in [2.75, 3.05) is 7.05 Å². The van der Waals surface area contributed by atoms with Gasteiger partial charge in [0, 0.05) is 12.8 Å². The normalized spacial score (nSPS) is 15.1. The van der Waals surface area contributed by atoms with E-state index in [-0.39, 0.29) is 5.71 Å². The fourth-order valence-electron chi connectivity index (χ4n) is 0.773. The molecule has 0 aliphatic heterocycles. The lowest BCUT2D eigenvalue weighted by molar-refractivity contribution is -0.176. The van der Waals surface area contributed by atoms with Gasteiger partial charge in [-0.25, -0.2) is 0 Å². The van der Waals surface area contributed by atoms with Crippen LogP contribution in [0.15, 0.2) is 4.99 Å². The number of hydrogen-bond donors (Lipinski definition) is 1. The minimum atomic E-state index is -5.16. The average molecular weight is 211 g/mol. The van der Waals surface area contributed by atoms with E-state index < -0.39 is 23.8 Å². The van der Waals surface area contributed by atoms with Crippen LogP contribution in [-0.4, -0.2) is 35.8 Å². The molecule has 80 valence electrons. The lowest BCUT2D eigenvalue weighted by Gasteiger charge is -2.12. The molecule has 14 heavy (non-hydrogen) atoms. The molecule has 0 saturated carbocycles. The standard InChI is InChI=1S/C7H8F3NO3/c1-3(11-2)4(6(13)14)5(12)7(8,9)10/h4H,1-2H3,(H,13,14). The lowest BCUT2D eigenvalue weighted by Crippen LogP contribution is -2.39. The van der Waals surface area contributed by atoms with Crippen molar-refractivity contribution in [3.8, 4) is 0 Å². The second kappa shape index (κ2) is 4.21. The first-order valence-corrected chi connectivity index (χ1v) is 3.49. The van der Waals surface area contributed by atoms with E-state index in [1.165, 1.54) is 0 Å². The third kappa shape index (κ3) is 2.82. The molecule has 0 aromatic heterocycles. The maximum Gasteiger partial charge on any atom is 0.451 e. The zero-order valence-corrected chi connectivity index (χ0v) is 7.42. The number of alkyl halides is 3. The molecule has 0 aromatic rings. The van der Waals surface area contributed by atoms with Gasteiger partial charge in [0.1, 0.15) is 0 Å². The Morgan fingerprint density at radius 3 is 2.00 bits per heavy atom. The van der Waals surface area contributed by atoms with Crippen molar-refractivity contribution in [2.45, 2.75) is 13.1 Å². The van der Waals surface area contributed by atoms with Gasteiger partial charge in [-0.15, -0.1) is 0 Å². The van der Waals surface area contributed by atoms with Crippen molar-refractivity contribution in [1.82, 2.24) is 0 Å². The summed E-state index contributed by atoms with van der Waals surface area (Å²) < 4.78 is 35.7. The van der Waals surface area contributed by atoms with Crippen LogP contribution in [-0.2, 0) is 9.59 Å². The van der Waals surface area contributed by atoms with Crippen LogP contribution in [0.4, 0.5) is 13.2 Å². The number of ketones is 1. The third-order valence-electron chi connectivity index (χ3n) is 1.56. The van der Waals surface area contributed by atoms with Crippen LogP contribution in [0.5, 0.6) is 0 Å². The number of carbonyl (C=O) groups is 2. The van der Waals surface area contributed by atoms with E-state index in [1.807, 2.05) is 0 Å². The number of carboxylic acids is 1. The minimum absolute atomic E-state index is 0.375. The molecule has 0 amide bonds. The van der Waals surface area contributed by atoms with Crippen molar-refractivity contribution < 1.29 is 27.9 Å².